The van der Waals surface area contributed by atoms with Crippen molar-refractivity contribution in [3.05, 3.63) is 46.9 Å². The van der Waals surface area contributed by atoms with Crippen LogP contribution in [-0.2, 0) is 4.79 Å². The van der Waals surface area contributed by atoms with Gasteiger partial charge in [-0.3, -0.25) is 14.7 Å². The highest BCUT2D eigenvalue weighted by molar-refractivity contribution is 7.19. The van der Waals surface area contributed by atoms with Gasteiger partial charge >= 0.3 is 6.55 Å². The Hall–Kier alpha value is -2.98. The number of aromatic nitrogens is 3. The molecule has 0 radical (unpaired) electrons. The van der Waals surface area contributed by atoms with E-state index in [4.69, 9.17) is 21.1 Å². The Morgan fingerprint density at radius 3 is 2.87 bits per heavy atom. The molecule has 0 aliphatic rings. The minimum atomic E-state index is -2.72. The highest BCUT2D eigenvalue weighted by Gasteiger charge is 2.19. The molecule has 0 bridgehead atoms. The fourth-order valence-electron chi connectivity index (χ4n) is 2.77. The monoisotopic (exact) mass is 468 g/mol. The van der Waals surface area contributed by atoms with E-state index in [1.165, 1.54) is 25.6 Å². The van der Waals surface area contributed by atoms with E-state index in [0.717, 1.165) is 15.9 Å². The van der Waals surface area contributed by atoms with Gasteiger partial charge < -0.3 is 9.47 Å². The van der Waals surface area contributed by atoms with E-state index in [-0.39, 0.29) is 11.0 Å². The molecular formula is C20H19ClF2N4O3S. The summed E-state index contributed by atoms with van der Waals surface area (Å²) in [4.78, 5) is 21.0. The Bertz CT molecular complexity index is 1110. The lowest BCUT2D eigenvalue weighted by atomic mass is 10.2. The van der Waals surface area contributed by atoms with E-state index in [9.17, 15) is 13.6 Å². The van der Waals surface area contributed by atoms with Gasteiger partial charge in [-0.05, 0) is 37.6 Å². The molecule has 0 atom stereocenters. The molecule has 11 heteroatoms. The summed E-state index contributed by atoms with van der Waals surface area (Å²) in [5.41, 5.74) is 1.13. The van der Waals surface area contributed by atoms with Crippen LogP contribution in [0.5, 0.6) is 11.5 Å². The van der Waals surface area contributed by atoms with Crippen LogP contribution in [-0.4, -0.2) is 34.2 Å². The van der Waals surface area contributed by atoms with Gasteiger partial charge in [0.2, 0.25) is 5.91 Å². The molecule has 0 saturated carbocycles. The van der Waals surface area contributed by atoms with Crippen molar-refractivity contribution in [3.63, 3.8) is 0 Å². The van der Waals surface area contributed by atoms with E-state index >= 15 is 0 Å². The Morgan fingerprint density at radius 1 is 1.42 bits per heavy atom. The molecule has 0 fully saturated rings. The number of alkyl halides is 2. The van der Waals surface area contributed by atoms with Gasteiger partial charge in [0, 0.05) is 18.5 Å². The fraction of sp³-hybridized carbons (Fsp3) is 0.250. The first-order valence-electron chi connectivity index (χ1n) is 9.12. The van der Waals surface area contributed by atoms with Crippen LogP contribution in [0.25, 0.3) is 16.8 Å². The molecule has 2 heterocycles. The second-order valence-corrected chi connectivity index (χ2v) is 7.57. The second kappa shape index (κ2) is 9.88. The standard InChI is InChI=1S/C20H19ClF2N4O3S/c1-4-30-14-10-12(9-13(21)16(14)29-3)5-6-15(28)26-20-25-11(2)17(31-20)18-24-7-8-27(18)19(22)23/h5-10,19H,4H2,1-3H3,(H,25,26,28)/b6-5+. The first-order chi connectivity index (χ1) is 14.8. The van der Waals surface area contributed by atoms with Crippen LogP contribution in [0.15, 0.2) is 30.6 Å². The van der Waals surface area contributed by atoms with Crippen molar-refractivity contribution >= 4 is 40.1 Å². The van der Waals surface area contributed by atoms with Crippen LogP contribution in [0.2, 0.25) is 5.02 Å². The zero-order chi connectivity index (χ0) is 22.5. The van der Waals surface area contributed by atoms with Gasteiger partial charge in [-0.25, -0.2) is 9.97 Å². The van der Waals surface area contributed by atoms with Crippen molar-refractivity contribution in [1.82, 2.24) is 14.5 Å². The number of aryl methyl sites for hydroxylation is 1. The average Bonchev–Trinajstić information content (AvgIpc) is 3.33. The number of hydrogen-bond donors (Lipinski definition) is 1. The molecule has 0 aliphatic heterocycles. The summed E-state index contributed by atoms with van der Waals surface area (Å²) in [6.07, 6.45) is 5.35. The first-order valence-corrected chi connectivity index (χ1v) is 10.3. The highest BCUT2D eigenvalue weighted by atomic mass is 35.5. The fourth-order valence-corrected chi connectivity index (χ4v) is 4.03. The van der Waals surface area contributed by atoms with Gasteiger partial charge in [-0.15, -0.1) is 0 Å². The maximum Gasteiger partial charge on any atom is 0.320 e. The van der Waals surface area contributed by atoms with Gasteiger partial charge in [-0.2, -0.15) is 8.78 Å². The summed E-state index contributed by atoms with van der Waals surface area (Å²) in [7, 11) is 1.49. The van der Waals surface area contributed by atoms with Gasteiger partial charge in [0.25, 0.3) is 0 Å². The summed E-state index contributed by atoms with van der Waals surface area (Å²) >= 11 is 7.27. The van der Waals surface area contributed by atoms with Crippen molar-refractivity contribution in [2.75, 3.05) is 19.0 Å². The number of nitrogens with one attached hydrogen (secondary N) is 1. The topological polar surface area (TPSA) is 78.3 Å². The Morgan fingerprint density at radius 2 is 2.19 bits per heavy atom. The molecule has 0 spiro atoms. The highest BCUT2D eigenvalue weighted by Crippen LogP contribution is 2.37. The Kier molecular flexibility index (Phi) is 7.24. The van der Waals surface area contributed by atoms with E-state index in [1.807, 2.05) is 6.92 Å². The molecule has 7 nitrogen and oxygen atoms in total. The van der Waals surface area contributed by atoms with Crippen LogP contribution in [0.3, 0.4) is 0 Å². The summed E-state index contributed by atoms with van der Waals surface area (Å²) in [6.45, 7) is 1.20. The maximum absolute atomic E-state index is 13.1. The van der Waals surface area contributed by atoms with Crippen LogP contribution in [0.4, 0.5) is 13.9 Å². The SMILES string of the molecule is CCOc1cc(/C=C/C(=O)Nc2nc(C)c(-c3nccn3C(F)F)s2)cc(Cl)c1OC. The molecule has 1 aromatic carbocycles. The number of benzene rings is 1. The molecule has 3 rings (SSSR count). The minimum Gasteiger partial charge on any atom is -0.491 e. The maximum atomic E-state index is 13.1. The number of anilines is 1. The second-order valence-electron chi connectivity index (χ2n) is 6.16. The lowest BCUT2D eigenvalue weighted by molar-refractivity contribution is -0.111. The quantitative estimate of drug-likeness (QED) is 0.446. The third-order valence-electron chi connectivity index (χ3n) is 4.07. The molecule has 0 saturated heterocycles. The number of thiazole rings is 1. The van der Waals surface area contributed by atoms with Gasteiger partial charge in [0.15, 0.2) is 22.5 Å². The zero-order valence-electron chi connectivity index (χ0n) is 16.9. The predicted molar refractivity (Wildman–Crippen MR) is 116 cm³/mol. The van der Waals surface area contributed by atoms with Crippen molar-refractivity contribution in [3.8, 4) is 22.2 Å². The number of halogens is 3. The molecule has 0 unspecified atom stereocenters. The van der Waals surface area contributed by atoms with E-state index in [1.54, 1.807) is 25.1 Å². The Balaban J connectivity index is 1.76. The molecule has 1 amide bonds. The summed E-state index contributed by atoms with van der Waals surface area (Å²) in [6, 6.07) is 3.34. The Labute approximate surface area is 186 Å². The largest absolute Gasteiger partial charge is 0.491 e. The molecule has 164 valence electrons. The molecule has 2 aromatic heterocycles. The molecule has 3 aromatic rings. The molecule has 0 aliphatic carbocycles. The molecule has 1 N–H and O–H groups in total. The molecular weight excluding hydrogens is 450 g/mol. The number of hydrogen-bond acceptors (Lipinski definition) is 6. The van der Waals surface area contributed by atoms with Crippen molar-refractivity contribution in [1.29, 1.82) is 0 Å². The smallest absolute Gasteiger partial charge is 0.320 e. The van der Waals surface area contributed by atoms with Crippen LogP contribution < -0.4 is 14.8 Å². The van der Waals surface area contributed by atoms with Crippen molar-refractivity contribution in [2.24, 2.45) is 0 Å². The molecule has 31 heavy (non-hydrogen) atoms. The number of ether oxygens (including phenoxy) is 2. The van der Waals surface area contributed by atoms with Crippen molar-refractivity contribution in [2.45, 2.75) is 20.4 Å². The number of amides is 1. The third-order valence-corrected chi connectivity index (χ3v) is 5.42. The van der Waals surface area contributed by atoms with Gasteiger partial charge in [-0.1, -0.05) is 22.9 Å². The summed E-state index contributed by atoms with van der Waals surface area (Å²) < 4.78 is 37.7. The van der Waals surface area contributed by atoms with Crippen LogP contribution in [0, 0.1) is 6.92 Å². The number of carbonyl (C=O) groups is 1. The first kappa shape index (κ1) is 22.7. The lowest BCUT2D eigenvalue weighted by Crippen LogP contribution is -2.07. The third kappa shape index (κ3) is 5.20. The number of imidazole rings is 1. The summed E-state index contributed by atoms with van der Waals surface area (Å²) in [5, 5.41) is 3.25. The normalized spacial score (nSPS) is 11.3. The number of carbonyl (C=O) groups excluding carboxylic acids is 1. The van der Waals surface area contributed by atoms with Crippen molar-refractivity contribution < 1.29 is 23.0 Å². The predicted octanol–water partition coefficient (Wildman–Crippen LogP) is 5.42. The van der Waals surface area contributed by atoms with Gasteiger partial charge in [0.05, 0.1) is 29.3 Å². The number of rotatable bonds is 8. The summed E-state index contributed by atoms with van der Waals surface area (Å²) in [5.74, 6) is 0.533. The minimum absolute atomic E-state index is 0.0948. The lowest BCUT2D eigenvalue weighted by Gasteiger charge is -2.11. The number of nitrogens with zero attached hydrogens (tertiary/aromatic N) is 3. The van der Waals surface area contributed by atoms with E-state index < -0.39 is 12.5 Å². The number of methoxy groups -OCH3 is 1. The zero-order valence-corrected chi connectivity index (χ0v) is 18.4. The average molecular weight is 469 g/mol. The van der Waals surface area contributed by atoms with E-state index in [2.05, 4.69) is 15.3 Å². The van der Waals surface area contributed by atoms with Gasteiger partial charge in [0.1, 0.15) is 0 Å². The van der Waals surface area contributed by atoms with Crippen LogP contribution in [0.1, 0.15) is 24.7 Å². The van der Waals surface area contributed by atoms with E-state index in [0.29, 0.717) is 39.3 Å². The van der Waals surface area contributed by atoms with Crippen LogP contribution >= 0.6 is 22.9 Å².